The molecule has 1 aromatic carbocycles. The molecule has 0 radical (unpaired) electrons. The maximum absolute atomic E-state index is 12.3. The number of hydrogen-bond acceptors (Lipinski definition) is 7. The highest BCUT2D eigenvalue weighted by atomic mass is 32.2. The van der Waals surface area contributed by atoms with E-state index in [2.05, 4.69) is 25.0 Å². The van der Waals surface area contributed by atoms with E-state index in [9.17, 15) is 8.42 Å². The normalized spacial score (nSPS) is 11.1. The molecule has 0 bridgehead atoms. The fourth-order valence-corrected chi connectivity index (χ4v) is 4.53. The fourth-order valence-electron chi connectivity index (χ4n) is 2.47. The standard InChI is InChI=1S/C19H15N5O2S2/c25-28(26,18-2-1-13-27-18)24-16-5-3-15(4-6-16)22-19-21-12-9-17(23-19)14-7-10-20-11-8-14/h1-13,24H,(H,21,22,23). The van der Waals surface area contributed by atoms with Crippen molar-refractivity contribution in [2.45, 2.75) is 4.21 Å². The number of anilines is 3. The van der Waals surface area contributed by atoms with Crippen molar-refractivity contribution >= 4 is 38.7 Å². The van der Waals surface area contributed by atoms with Gasteiger partial charge in [0.15, 0.2) is 0 Å². The predicted octanol–water partition coefficient (Wildman–Crippen LogP) is 4.14. The first-order valence-electron chi connectivity index (χ1n) is 8.27. The van der Waals surface area contributed by atoms with Crippen molar-refractivity contribution in [1.82, 2.24) is 15.0 Å². The number of hydrogen-bond donors (Lipinski definition) is 2. The van der Waals surface area contributed by atoms with Gasteiger partial charge in [0.2, 0.25) is 5.95 Å². The van der Waals surface area contributed by atoms with Crippen molar-refractivity contribution in [3.05, 3.63) is 78.6 Å². The first-order chi connectivity index (χ1) is 13.6. The molecule has 2 N–H and O–H groups in total. The average Bonchev–Trinajstić information content (AvgIpc) is 3.26. The molecule has 0 saturated carbocycles. The molecule has 0 atom stereocenters. The van der Waals surface area contributed by atoms with Gasteiger partial charge in [-0.25, -0.2) is 18.4 Å². The Morgan fingerprint density at radius 3 is 2.32 bits per heavy atom. The van der Waals surface area contributed by atoms with Gasteiger partial charge in [-0.3, -0.25) is 9.71 Å². The van der Waals surface area contributed by atoms with Crippen LogP contribution in [-0.2, 0) is 10.0 Å². The van der Waals surface area contributed by atoms with Crippen LogP contribution in [0.4, 0.5) is 17.3 Å². The van der Waals surface area contributed by atoms with Gasteiger partial charge < -0.3 is 5.32 Å². The highest BCUT2D eigenvalue weighted by molar-refractivity contribution is 7.94. The Morgan fingerprint density at radius 1 is 0.857 bits per heavy atom. The molecule has 140 valence electrons. The van der Waals surface area contributed by atoms with Crippen LogP contribution in [-0.4, -0.2) is 23.4 Å². The molecule has 0 aliphatic rings. The van der Waals surface area contributed by atoms with E-state index in [-0.39, 0.29) is 4.21 Å². The fraction of sp³-hybridized carbons (Fsp3) is 0. The summed E-state index contributed by atoms with van der Waals surface area (Å²) in [4.78, 5) is 12.7. The Morgan fingerprint density at radius 2 is 1.61 bits per heavy atom. The Hall–Kier alpha value is -3.30. The first kappa shape index (κ1) is 18.1. The molecular weight excluding hydrogens is 394 g/mol. The van der Waals surface area contributed by atoms with Crippen LogP contribution in [0.1, 0.15) is 0 Å². The van der Waals surface area contributed by atoms with Crippen LogP contribution in [0.2, 0.25) is 0 Å². The molecule has 4 aromatic rings. The van der Waals surface area contributed by atoms with Crippen LogP contribution in [0.25, 0.3) is 11.3 Å². The highest BCUT2D eigenvalue weighted by Crippen LogP contribution is 2.23. The van der Waals surface area contributed by atoms with Gasteiger partial charge in [0.05, 0.1) is 5.69 Å². The lowest BCUT2D eigenvalue weighted by Crippen LogP contribution is -2.11. The van der Waals surface area contributed by atoms with Crippen molar-refractivity contribution in [3.8, 4) is 11.3 Å². The minimum Gasteiger partial charge on any atom is -0.324 e. The molecule has 0 saturated heterocycles. The summed E-state index contributed by atoms with van der Waals surface area (Å²) in [7, 11) is -3.56. The van der Waals surface area contributed by atoms with Gasteiger partial charge in [0.25, 0.3) is 10.0 Å². The van der Waals surface area contributed by atoms with Gasteiger partial charge in [-0.2, -0.15) is 0 Å². The quantitative estimate of drug-likeness (QED) is 0.497. The molecule has 0 amide bonds. The summed E-state index contributed by atoms with van der Waals surface area (Å²) in [5.74, 6) is 0.446. The Balaban J connectivity index is 1.48. The predicted molar refractivity (Wildman–Crippen MR) is 110 cm³/mol. The lowest BCUT2D eigenvalue weighted by molar-refractivity contribution is 0.603. The maximum atomic E-state index is 12.3. The van der Waals surface area contributed by atoms with E-state index in [1.807, 2.05) is 18.2 Å². The van der Waals surface area contributed by atoms with E-state index in [1.165, 1.54) is 11.3 Å². The minimum absolute atomic E-state index is 0.274. The SMILES string of the molecule is O=S(=O)(Nc1ccc(Nc2nccc(-c3ccncc3)n2)cc1)c1cccs1. The van der Waals surface area contributed by atoms with Crippen LogP contribution in [0.3, 0.4) is 0 Å². The largest absolute Gasteiger partial charge is 0.324 e. The second kappa shape index (κ2) is 7.75. The maximum Gasteiger partial charge on any atom is 0.271 e. The van der Waals surface area contributed by atoms with Crippen molar-refractivity contribution in [2.75, 3.05) is 10.0 Å². The van der Waals surface area contributed by atoms with Crippen molar-refractivity contribution in [1.29, 1.82) is 0 Å². The van der Waals surface area contributed by atoms with E-state index >= 15 is 0 Å². The highest BCUT2D eigenvalue weighted by Gasteiger charge is 2.14. The molecule has 4 rings (SSSR count). The molecule has 0 unspecified atom stereocenters. The Bertz CT molecular complexity index is 1160. The number of nitrogens with one attached hydrogen (secondary N) is 2. The topological polar surface area (TPSA) is 96.9 Å². The lowest BCUT2D eigenvalue weighted by Gasteiger charge is -2.09. The second-order valence-corrected chi connectivity index (χ2v) is 8.60. The van der Waals surface area contributed by atoms with Crippen molar-refractivity contribution < 1.29 is 8.42 Å². The van der Waals surface area contributed by atoms with Crippen molar-refractivity contribution in [2.24, 2.45) is 0 Å². The van der Waals surface area contributed by atoms with E-state index in [1.54, 1.807) is 60.4 Å². The summed E-state index contributed by atoms with van der Waals surface area (Å²) in [6.07, 6.45) is 5.09. The monoisotopic (exact) mass is 409 g/mol. The van der Waals surface area contributed by atoms with Gasteiger partial charge in [-0.1, -0.05) is 6.07 Å². The molecule has 0 spiro atoms. The molecule has 9 heteroatoms. The summed E-state index contributed by atoms with van der Waals surface area (Å²) in [6.45, 7) is 0. The van der Waals surface area contributed by atoms with E-state index < -0.39 is 10.0 Å². The Kier molecular flexibility index (Phi) is 5.00. The lowest BCUT2D eigenvalue weighted by atomic mass is 10.2. The molecule has 3 aromatic heterocycles. The molecule has 7 nitrogen and oxygen atoms in total. The van der Waals surface area contributed by atoms with E-state index in [0.717, 1.165) is 16.9 Å². The van der Waals surface area contributed by atoms with Gasteiger partial charge in [0, 0.05) is 35.5 Å². The van der Waals surface area contributed by atoms with E-state index in [4.69, 9.17) is 0 Å². The number of sulfonamides is 1. The molecule has 0 aliphatic heterocycles. The molecule has 0 fully saturated rings. The number of rotatable bonds is 6. The summed E-state index contributed by atoms with van der Waals surface area (Å²) < 4.78 is 27.4. The zero-order valence-corrected chi connectivity index (χ0v) is 16.1. The minimum atomic E-state index is -3.56. The third-order valence-electron chi connectivity index (χ3n) is 3.78. The number of nitrogens with zero attached hydrogens (tertiary/aromatic N) is 3. The average molecular weight is 409 g/mol. The number of aromatic nitrogens is 3. The van der Waals surface area contributed by atoms with E-state index in [0.29, 0.717) is 11.6 Å². The summed E-state index contributed by atoms with van der Waals surface area (Å²) in [6, 6.07) is 15.7. The van der Waals surface area contributed by atoms with Crippen molar-refractivity contribution in [3.63, 3.8) is 0 Å². The smallest absolute Gasteiger partial charge is 0.271 e. The third-order valence-corrected chi connectivity index (χ3v) is 6.56. The molecule has 0 aliphatic carbocycles. The van der Waals surface area contributed by atoms with Gasteiger partial charge in [-0.05, 0) is 53.9 Å². The summed E-state index contributed by atoms with van der Waals surface area (Å²) >= 11 is 1.17. The summed E-state index contributed by atoms with van der Waals surface area (Å²) in [5.41, 5.74) is 2.94. The first-order valence-corrected chi connectivity index (χ1v) is 10.6. The molecule has 28 heavy (non-hydrogen) atoms. The van der Waals surface area contributed by atoms with Crippen LogP contribution in [0, 0.1) is 0 Å². The zero-order valence-electron chi connectivity index (χ0n) is 14.5. The van der Waals surface area contributed by atoms with Gasteiger partial charge in [-0.15, -0.1) is 11.3 Å². The molecular formula is C19H15N5O2S2. The van der Waals surface area contributed by atoms with Gasteiger partial charge >= 0.3 is 0 Å². The third kappa shape index (κ3) is 4.16. The van der Waals surface area contributed by atoms with Gasteiger partial charge in [0.1, 0.15) is 4.21 Å². The van der Waals surface area contributed by atoms with Crippen LogP contribution >= 0.6 is 11.3 Å². The number of thiophene rings is 1. The molecule has 3 heterocycles. The number of pyridine rings is 1. The number of benzene rings is 1. The Labute approximate surface area is 166 Å². The van der Waals surface area contributed by atoms with Crippen LogP contribution in [0.5, 0.6) is 0 Å². The van der Waals surface area contributed by atoms with Crippen LogP contribution in [0.15, 0.2) is 82.8 Å². The summed E-state index contributed by atoms with van der Waals surface area (Å²) in [5, 5.41) is 4.84. The zero-order chi connectivity index (χ0) is 19.4. The second-order valence-electron chi connectivity index (χ2n) is 5.74. The van der Waals surface area contributed by atoms with Crippen LogP contribution < -0.4 is 10.0 Å².